The van der Waals surface area contributed by atoms with E-state index in [0.29, 0.717) is 17.9 Å². The normalized spacial score (nSPS) is 18.0. The van der Waals surface area contributed by atoms with Crippen LogP contribution >= 0.6 is 0 Å². The highest BCUT2D eigenvalue weighted by Crippen LogP contribution is 2.18. The fourth-order valence-electron chi connectivity index (χ4n) is 2.42. The van der Waals surface area contributed by atoms with Gasteiger partial charge in [0.2, 0.25) is 0 Å². The molecule has 0 aliphatic carbocycles. The van der Waals surface area contributed by atoms with Crippen molar-refractivity contribution in [3.8, 4) is 5.75 Å². The van der Waals surface area contributed by atoms with E-state index >= 15 is 0 Å². The number of benzene rings is 1. The molecule has 0 amide bonds. The lowest BCUT2D eigenvalue weighted by Crippen LogP contribution is -2.33. The molecule has 0 bridgehead atoms. The van der Waals surface area contributed by atoms with Gasteiger partial charge < -0.3 is 9.64 Å². The number of ketones is 1. The first kappa shape index (κ1) is 14.0. The summed E-state index contributed by atoms with van der Waals surface area (Å²) in [4.78, 5) is 16.9. The average molecular weight is 262 g/mol. The van der Waals surface area contributed by atoms with Crippen LogP contribution in [0, 0.1) is 0 Å². The SMILES string of the molecule is COc1ccccc1C(=O)CN1CCCN(C)CC1. The van der Waals surface area contributed by atoms with Crippen LogP contribution in [-0.4, -0.2) is 62.5 Å². The van der Waals surface area contributed by atoms with Crippen molar-refractivity contribution in [1.29, 1.82) is 0 Å². The Balaban J connectivity index is 2.00. The van der Waals surface area contributed by atoms with E-state index < -0.39 is 0 Å². The summed E-state index contributed by atoms with van der Waals surface area (Å²) in [5, 5.41) is 0. The van der Waals surface area contributed by atoms with Crippen molar-refractivity contribution < 1.29 is 9.53 Å². The van der Waals surface area contributed by atoms with Crippen molar-refractivity contribution in [3.63, 3.8) is 0 Å². The lowest BCUT2D eigenvalue weighted by molar-refractivity contribution is 0.0930. The van der Waals surface area contributed by atoms with Gasteiger partial charge in [-0.2, -0.15) is 0 Å². The second-order valence-electron chi connectivity index (χ2n) is 5.06. The number of hydrogen-bond acceptors (Lipinski definition) is 4. The van der Waals surface area contributed by atoms with Gasteiger partial charge in [0.15, 0.2) is 5.78 Å². The van der Waals surface area contributed by atoms with E-state index in [4.69, 9.17) is 4.74 Å². The predicted molar refractivity (Wildman–Crippen MR) is 75.9 cm³/mol. The summed E-state index contributed by atoms with van der Waals surface area (Å²) < 4.78 is 5.25. The Labute approximate surface area is 115 Å². The molecule has 1 heterocycles. The Morgan fingerprint density at radius 1 is 1.21 bits per heavy atom. The second kappa shape index (κ2) is 6.68. The number of carbonyl (C=O) groups is 1. The number of ether oxygens (including phenoxy) is 1. The Morgan fingerprint density at radius 2 is 2.00 bits per heavy atom. The van der Waals surface area contributed by atoms with Gasteiger partial charge in [0.1, 0.15) is 5.75 Å². The highest BCUT2D eigenvalue weighted by Gasteiger charge is 2.18. The minimum atomic E-state index is 0.141. The van der Waals surface area contributed by atoms with E-state index in [1.807, 2.05) is 24.3 Å². The van der Waals surface area contributed by atoms with Crippen molar-refractivity contribution >= 4 is 5.78 Å². The minimum Gasteiger partial charge on any atom is -0.496 e. The van der Waals surface area contributed by atoms with Crippen LogP contribution in [0.5, 0.6) is 5.75 Å². The summed E-state index contributed by atoms with van der Waals surface area (Å²) in [7, 11) is 3.73. The van der Waals surface area contributed by atoms with Crippen LogP contribution in [0.25, 0.3) is 0 Å². The molecule has 19 heavy (non-hydrogen) atoms. The van der Waals surface area contributed by atoms with Crippen LogP contribution in [-0.2, 0) is 0 Å². The number of methoxy groups -OCH3 is 1. The third-order valence-electron chi connectivity index (χ3n) is 3.59. The molecule has 0 spiro atoms. The number of likely N-dealkylation sites (N-methyl/N-ethyl adjacent to an activating group) is 1. The van der Waals surface area contributed by atoms with Gasteiger partial charge in [-0.3, -0.25) is 9.69 Å². The summed E-state index contributed by atoms with van der Waals surface area (Å²) >= 11 is 0. The van der Waals surface area contributed by atoms with Gasteiger partial charge in [-0.15, -0.1) is 0 Å². The first-order valence-electron chi connectivity index (χ1n) is 6.78. The molecule has 2 rings (SSSR count). The highest BCUT2D eigenvalue weighted by molar-refractivity contribution is 6.00. The highest BCUT2D eigenvalue weighted by atomic mass is 16.5. The van der Waals surface area contributed by atoms with Gasteiger partial charge in [0, 0.05) is 13.1 Å². The molecule has 104 valence electrons. The summed E-state index contributed by atoms with van der Waals surface area (Å²) in [5.74, 6) is 0.807. The first-order valence-corrected chi connectivity index (χ1v) is 6.78. The van der Waals surface area contributed by atoms with Gasteiger partial charge in [-0.1, -0.05) is 12.1 Å². The lowest BCUT2D eigenvalue weighted by atomic mass is 10.1. The van der Waals surface area contributed by atoms with Gasteiger partial charge in [-0.25, -0.2) is 0 Å². The topological polar surface area (TPSA) is 32.8 Å². The number of para-hydroxylation sites is 1. The van der Waals surface area contributed by atoms with Crippen LogP contribution in [0.15, 0.2) is 24.3 Å². The number of Topliss-reactive ketones (excluding diaryl/α,β-unsaturated/α-hetero) is 1. The molecule has 0 atom stereocenters. The van der Waals surface area contributed by atoms with E-state index in [0.717, 1.165) is 32.6 Å². The summed E-state index contributed by atoms with van der Waals surface area (Å²) in [6.07, 6.45) is 1.12. The van der Waals surface area contributed by atoms with Crippen LogP contribution in [0.2, 0.25) is 0 Å². The zero-order chi connectivity index (χ0) is 13.7. The molecule has 1 saturated heterocycles. The molecule has 1 aliphatic heterocycles. The molecular weight excluding hydrogens is 240 g/mol. The monoisotopic (exact) mass is 262 g/mol. The van der Waals surface area contributed by atoms with Crippen LogP contribution in [0.3, 0.4) is 0 Å². The maximum atomic E-state index is 12.4. The average Bonchev–Trinajstić information content (AvgIpc) is 2.63. The molecule has 4 heteroatoms. The smallest absolute Gasteiger partial charge is 0.180 e. The zero-order valence-electron chi connectivity index (χ0n) is 11.8. The molecule has 1 fully saturated rings. The van der Waals surface area contributed by atoms with E-state index in [-0.39, 0.29) is 5.78 Å². The third kappa shape index (κ3) is 3.78. The summed E-state index contributed by atoms with van der Waals surface area (Å²) in [5.41, 5.74) is 0.683. The Bertz CT molecular complexity index is 434. The standard InChI is InChI=1S/C15H22N2O2/c1-16-8-5-9-17(11-10-16)12-14(18)13-6-3-4-7-15(13)19-2/h3-4,6-7H,5,8-12H2,1-2H3. The maximum absolute atomic E-state index is 12.4. The first-order chi connectivity index (χ1) is 9.20. The summed E-state index contributed by atoms with van der Waals surface area (Å²) in [6.45, 7) is 4.56. The van der Waals surface area contributed by atoms with Gasteiger partial charge in [0.05, 0.1) is 19.2 Å². The van der Waals surface area contributed by atoms with E-state index in [1.165, 1.54) is 0 Å². The fourth-order valence-corrected chi connectivity index (χ4v) is 2.42. The summed E-state index contributed by atoms with van der Waals surface area (Å²) in [6, 6.07) is 7.44. The zero-order valence-corrected chi connectivity index (χ0v) is 11.8. The molecule has 0 unspecified atom stereocenters. The second-order valence-corrected chi connectivity index (χ2v) is 5.06. The quantitative estimate of drug-likeness (QED) is 0.770. The van der Waals surface area contributed by atoms with E-state index in [1.54, 1.807) is 7.11 Å². The maximum Gasteiger partial charge on any atom is 0.180 e. The molecule has 1 aliphatic rings. The van der Waals surface area contributed by atoms with E-state index in [9.17, 15) is 4.79 Å². The molecule has 4 nitrogen and oxygen atoms in total. The lowest BCUT2D eigenvalue weighted by Gasteiger charge is -2.19. The number of hydrogen-bond donors (Lipinski definition) is 0. The Morgan fingerprint density at radius 3 is 2.79 bits per heavy atom. The molecule has 0 saturated carbocycles. The Kier molecular flexibility index (Phi) is 4.93. The number of nitrogens with zero attached hydrogens (tertiary/aromatic N) is 2. The van der Waals surface area contributed by atoms with Gasteiger partial charge in [0.25, 0.3) is 0 Å². The van der Waals surface area contributed by atoms with Crippen molar-refractivity contribution in [2.45, 2.75) is 6.42 Å². The molecule has 1 aromatic carbocycles. The molecule has 0 radical (unpaired) electrons. The minimum absolute atomic E-state index is 0.141. The van der Waals surface area contributed by atoms with E-state index in [2.05, 4.69) is 16.8 Å². The Hall–Kier alpha value is -1.39. The fraction of sp³-hybridized carbons (Fsp3) is 0.533. The van der Waals surface area contributed by atoms with Gasteiger partial charge in [-0.05, 0) is 38.7 Å². The van der Waals surface area contributed by atoms with Crippen molar-refractivity contribution in [3.05, 3.63) is 29.8 Å². The molecule has 1 aromatic rings. The number of rotatable bonds is 4. The van der Waals surface area contributed by atoms with Crippen LogP contribution in [0.1, 0.15) is 16.8 Å². The number of carbonyl (C=O) groups excluding carboxylic acids is 1. The largest absolute Gasteiger partial charge is 0.496 e. The third-order valence-corrected chi connectivity index (χ3v) is 3.59. The van der Waals surface area contributed by atoms with Crippen LogP contribution in [0.4, 0.5) is 0 Å². The van der Waals surface area contributed by atoms with Crippen molar-refractivity contribution in [2.75, 3.05) is 46.9 Å². The van der Waals surface area contributed by atoms with Gasteiger partial charge >= 0.3 is 0 Å². The van der Waals surface area contributed by atoms with Crippen molar-refractivity contribution in [2.24, 2.45) is 0 Å². The predicted octanol–water partition coefficient (Wildman–Crippen LogP) is 1.52. The van der Waals surface area contributed by atoms with Crippen LogP contribution < -0.4 is 4.74 Å². The molecule has 0 N–H and O–H groups in total. The molecular formula is C15H22N2O2. The van der Waals surface area contributed by atoms with Crippen molar-refractivity contribution in [1.82, 2.24) is 9.80 Å². The molecule has 0 aromatic heterocycles.